The quantitative estimate of drug-likeness (QED) is 0.576. The minimum absolute atomic E-state index is 0.116. The summed E-state index contributed by atoms with van der Waals surface area (Å²) in [5.41, 5.74) is 5.22. The van der Waals surface area contributed by atoms with Crippen molar-refractivity contribution in [1.29, 1.82) is 0 Å². The lowest BCUT2D eigenvalue weighted by Gasteiger charge is -2.07. The van der Waals surface area contributed by atoms with Gasteiger partial charge in [0.05, 0.1) is 6.54 Å². The highest BCUT2D eigenvalue weighted by atomic mass is 16.4. The molecule has 6 nitrogen and oxygen atoms in total. The SMILES string of the molecule is CC(C)C[C@H](N)C(=O)O.O=C(O)CNC1CCCC1. The number of hydrogen-bond acceptors (Lipinski definition) is 4. The van der Waals surface area contributed by atoms with Crippen molar-refractivity contribution in [2.24, 2.45) is 11.7 Å². The fraction of sp³-hybridized carbons (Fsp3) is 0.846. The first-order valence-electron chi connectivity index (χ1n) is 6.76. The van der Waals surface area contributed by atoms with E-state index >= 15 is 0 Å². The van der Waals surface area contributed by atoms with E-state index in [9.17, 15) is 9.59 Å². The first-order chi connectivity index (χ1) is 8.82. The third-order valence-electron chi connectivity index (χ3n) is 2.94. The summed E-state index contributed by atoms with van der Waals surface area (Å²) in [6.45, 7) is 4.01. The molecule has 6 heteroatoms. The molecule has 0 heterocycles. The molecule has 0 aromatic carbocycles. The van der Waals surface area contributed by atoms with Crippen molar-refractivity contribution < 1.29 is 19.8 Å². The van der Waals surface area contributed by atoms with Gasteiger partial charge in [0.15, 0.2) is 0 Å². The summed E-state index contributed by atoms with van der Waals surface area (Å²) >= 11 is 0. The van der Waals surface area contributed by atoms with E-state index in [4.69, 9.17) is 15.9 Å². The van der Waals surface area contributed by atoms with Crippen LogP contribution in [-0.2, 0) is 9.59 Å². The van der Waals surface area contributed by atoms with Gasteiger partial charge in [-0.25, -0.2) is 0 Å². The van der Waals surface area contributed by atoms with Gasteiger partial charge < -0.3 is 21.3 Å². The van der Waals surface area contributed by atoms with Crippen LogP contribution in [0.3, 0.4) is 0 Å². The Kier molecular flexibility index (Phi) is 9.16. The predicted octanol–water partition coefficient (Wildman–Crippen LogP) is 1.05. The van der Waals surface area contributed by atoms with Crippen LogP contribution < -0.4 is 11.1 Å². The summed E-state index contributed by atoms with van der Waals surface area (Å²) in [7, 11) is 0. The first kappa shape index (κ1) is 17.9. The predicted molar refractivity (Wildman–Crippen MR) is 73.0 cm³/mol. The Balaban J connectivity index is 0.000000344. The maximum Gasteiger partial charge on any atom is 0.320 e. The lowest BCUT2D eigenvalue weighted by atomic mass is 10.1. The summed E-state index contributed by atoms with van der Waals surface area (Å²) in [5, 5.41) is 19.6. The molecule has 112 valence electrons. The van der Waals surface area contributed by atoms with Gasteiger partial charge in [0.1, 0.15) is 6.04 Å². The number of carboxylic acid groups (broad SMARTS) is 2. The number of hydrogen-bond donors (Lipinski definition) is 4. The van der Waals surface area contributed by atoms with E-state index in [0.717, 1.165) is 12.8 Å². The molecule has 1 aliphatic rings. The molecule has 5 N–H and O–H groups in total. The molecule has 19 heavy (non-hydrogen) atoms. The number of carboxylic acids is 2. The van der Waals surface area contributed by atoms with Crippen LogP contribution >= 0.6 is 0 Å². The van der Waals surface area contributed by atoms with Crippen LogP contribution in [-0.4, -0.2) is 40.8 Å². The maximum atomic E-state index is 10.1. The Hall–Kier alpha value is -1.14. The molecule has 0 aliphatic heterocycles. The molecule has 0 bridgehead atoms. The zero-order valence-corrected chi connectivity index (χ0v) is 11.8. The van der Waals surface area contributed by atoms with Gasteiger partial charge in [0.2, 0.25) is 0 Å². The standard InChI is InChI=1S/C7H13NO2.C6H13NO2/c9-7(10)5-8-6-3-1-2-4-6;1-4(2)3-5(7)6(8)9/h6,8H,1-5H2,(H,9,10);4-5H,3,7H2,1-2H3,(H,8,9)/t;5-/m.0/s1. The molecule has 0 amide bonds. The lowest BCUT2D eigenvalue weighted by molar-refractivity contribution is -0.139. The zero-order chi connectivity index (χ0) is 14.8. The number of nitrogens with one attached hydrogen (secondary N) is 1. The van der Waals surface area contributed by atoms with Gasteiger partial charge in [-0.2, -0.15) is 0 Å². The molecule has 0 aromatic rings. The summed E-state index contributed by atoms with van der Waals surface area (Å²) in [5.74, 6) is -1.31. The van der Waals surface area contributed by atoms with E-state index in [1.807, 2.05) is 13.8 Å². The molecule has 1 rings (SSSR count). The van der Waals surface area contributed by atoms with Crippen molar-refractivity contribution in [1.82, 2.24) is 5.32 Å². The Morgan fingerprint density at radius 2 is 1.79 bits per heavy atom. The number of rotatable bonds is 6. The van der Waals surface area contributed by atoms with Gasteiger partial charge in [-0.15, -0.1) is 0 Å². The van der Waals surface area contributed by atoms with Crippen LogP contribution in [0, 0.1) is 5.92 Å². The zero-order valence-electron chi connectivity index (χ0n) is 11.8. The Morgan fingerprint density at radius 1 is 1.26 bits per heavy atom. The van der Waals surface area contributed by atoms with E-state index in [2.05, 4.69) is 5.32 Å². The van der Waals surface area contributed by atoms with Crippen LogP contribution in [0.15, 0.2) is 0 Å². The largest absolute Gasteiger partial charge is 0.480 e. The summed E-state index contributed by atoms with van der Waals surface area (Å²) in [4.78, 5) is 20.2. The maximum absolute atomic E-state index is 10.1. The molecule has 1 aliphatic carbocycles. The summed E-state index contributed by atoms with van der Waals surface area (Å²) < 4.78 is 0. The molecule has 0 saturated heterocycles. The van der Waals surface area contributed by atoms with Crippen molar-refractivity contribution in [3.8, 4) is 0 Å². The fourth-order valence-electron chi connectivity index (χ4n) is 1.97. The third-order valence-corrected chi connectivity index (χ3v) is 2.94. The minimum Gasteiger partial charge on any atom is -0.480 e. The highest BCUT2D eigenvalue weighted by Gasteiger charge is 2.14. The van der Waals surface area contributed by atoms with Crippen molar-refractivity contribution in [2.45, 2.75) is 58.0 Å². The van der Waals surface area contributed by atoms with Crippen molar-refractivity contribution >= 4 is 11.9 Å². The summed E-state index contributed by atoms with van der Waals surface area (Å²) in [6.07, 6.45) is 5.34. The molecular formula is C13H26N2O4. The van der Waals surface area contributed by atoms with E-state index in [1.54, 1.807) is 0 Å². The normalized spacial score (nSPS) is 16.8. The van der Waals surface area contributed by atoms with Crippen LogP contribution in [0.4, 0.5) is 0 Å². The van der Waals surface area contributed by atoms with Gasteiger partial charge in [-0.1, -0.05) is 26.7 Å². The van der Waals surface area contributed by atoms with Gasteiger partial charge in [-0.05, 0) is 25.2 Å². The van der Waals surface area contributed by atoms with Crippen LogP contribution in [0.2, 0.25) is 0 Å². The number of nitrogens with two attached hydrogens (primary N) is 1. The van der Waals surface area contributed by atoms with E-state index in [-0.39, 0.29) is 6.54 Å². The first-order valence-corrected chi connectivity index (χ1v) is 6.76. The minimum atomic E-state index is -0.913. The van der Waals surface area contributed by atoms with E-state index < -0.39 is 18.0 Å². The third kappa shape index (κ3) is 10.5. The van der Waals surface area contributed by atoms with Crippen LogP contribution in [0.25, 0.3) is 0 Å². The van der Waals surface area contributed by atoms with Crippen molar-refractivity contribution in [3.63, 3.8) is 0 Å². The second-order valence-electron chi connectivity index (χ2n) is 5.33. The lowest BCUT2D eigenvalue weighted by Crippen LogP contribution is -2.31. The molecule has 0 radical (unpaired) electrons. The Labute approximate surface area is 114 Å². The monoisotopic (exact) mass is 274 g/mol. The molecule has 1 atom stereocenters. The second-order valence-corrected chi connectivity index (χ2v) is 5.33. The highest BCUT2D eigenvalue weighted by molar-refractivity contribution is 5.72. The van der Waals surface area contributed by atoms with Gasteiger partial charge >= 0.3 is 11.9 Å². The topological polar surface area (TPSA) is 113 Å². The van der Waals surface area contributed by atoms with Crippen LogP contribution in [0.5, 0.6) is 0 Å². The Morgan fingerprint density at radius 3 is 2.11 bits per heavy atom. The van der Waals surface area contributed by atoms with Crippen LogP contribution in [0.1, 0.15) is 46.0 Å². The molecule has 0 spiro atoms. The van der Waals surface area contributed by atoms with Crippen molar-refractivity contribution in [3.05, 3.63) is 0 Å². The summed E-state index contributed by atoms with van der Waals surface area (Å²) in [6, 6.07) is -0.221. The van der Waals surface area contributed by atoms with E-state index in [0.29, 0.717) is 18.4 Å². The molecule has 0 aromatic heterocycles. The highest BCUT2D eigenvalue weighted by Crippen LogP contribution is 2.16. The Bertz CT molecular complexity index is 276. The van der Waals surface area contributed by atoms with Gasteiger partial charge in [-0.3, -0.25) is 9.59 Å². The molecule has 1 fully saturated rings. The molecular weight excluding hydrogens is 248 g/mol. The van der Waals surface area contributed by atoms with Gasteiger partial charge in [0.25, 0.3) is 0 Å². The molecule has 1 saturated carbocycles. The molecule has 0 unspecified atom stereocenters. The second kappa shape index (κ2) is 9.75. The van der Waals surface area contributed by atoms with E-state index in [1.165, 1.54) is 12.8 Å². The number of aliphatic carboxylic acids is 2. The fourth-order valence-corrected chi connectivity index (χ4v) is 1.97. The van der Waals surface area contributed by atoms with Crippen molar-refractivity contribution in [2.75, 3.05) is 6.54 Å². The number of carbonyl (C=O) groups is 2. The van der Waals surface area contributed by atoms with Gasteiger partial charge in [0, 0.05) is 6.04 Å². The average Bonchev–Trinajstić information content (AvgIpc) is 2.79. The average molecular weight is 274 g/mol. The smallest absolute Gasteiger partial charge is 0.320 e.